The van der Waals surface area contributed by atoms with Crippen LogP contribution in [-0.4, -0.2) is 44.1 Å². The maximum Gasteiger partial charge on any atom is 0.417 e. The Bertz CT molecular complexity index is 966. The summed E-state index contributed by atoms with van der Waals surface area (Å²) in [6, 6.07) is 4.52. The standard InChI is InChI=1S/C16H14N2O6/c1-6(19)12-10-5-8(13(15(21)22)18(10)14(12)20)7-2-3-11-9(4-7)17-16(23)24-11/h2-4,6,10,12,19H,5H2,1H3,(H,17,23)(H,21,22)/t6-,10-,12-/m1/s1. The van der Waals surface area contributed by atoms with E-state index in [1.165, 1.54) is 11.8 Å². The first-order chi connectivity index (χ1) is 11.4. The van der Waals surface area contributed by atoms with Gasteiger partial charge in [-0.25, -0.2) is 9.59 Å². The zero-order valence-electron chi connectivity index (χ0n) is 12.6. The van der Waals surface area contributed by atoms with Crippen molar-refractivity contribution >= 4 is 28.5 Å². The number of hydrogen-bond donors (Lipinski definition) is 3. The molecule has 2 aromatic rings. The highest BCUT2D eigenvalue weighted by molar-refractivity contribution is 6.06. The summed E-state index contributed by atoms with van der Waals surface area (Å²) in [6.45, 7) is 1.53. The number of β-lactam (4-membered cyclic amide) rings is 1. The molecule has 3 atom stereocenters. The number of aliphatic carboxylic acids is 1. The van der Waals surface area contributed by atoms with Crippen molar-refractivity contribution in [3.63, 3.8) is 0 Å². The predicted molar refractivity (Wildman–Crippen MR) is 81.8 cm³/mol. The first kappa shape index (κ1) is 14.7. The summed E-state index contributed by atoms with van der Waals surface area (Å²) in [5, 5.41) is 19.3. The van der Waals surface area contributed by atoms with Crippen LogP contribution in [0.25, 0.3) is 16.7 Å². The Kier molecular flexibility index (Phi) is 2.95. The number of fused-ring (bicyclic) bond motifs is 2. The summed E-state index contributed by atoms with van der Waals surface area (Å²) in [7, 11) is 0. The molecular formula is C16H14N2O6. The number of H-pyrrole nitrogens is 1. The Morgan fingerprint density at radius 3 is 2.83 bits per heavy atom. The number of carboxylic acid groups (broad SMARTS) is 1. The number of carbonyl (C=O) groups is 2. The number of rotatable bonds is 3. The molecule has 2 aliphatic heterocycles. The summed E-state index contributed by atoms with van der Waals surface area (Å²) in [5.41, 5.74) is 1.88. The van der Waals surface area contributed by atoms with Gasteiger partial charge in [0.1, 0.15) is 5.70 Å². The quantitative estimate of drug-likeness (QED) is 0.705. The molecule has 2 aliphatic rings. The molecule has 8 heteroatoms. The molecule has 0 saturated carbocycles. The van der Waals surface area contributed by atoms with Crippen molar-refractivity contribution in [1.82, 2.24) is 9.88 Å². The van der Waals surface area contributed by atoms with Crippen LogP contribution in [0.2, 0.25) is 0 Å². The molecule has 1 saturated heterocycles. The number of nitrogens with zero attached hydrogens (tertiary/aromatic N) is 1. The molecule has 0 unspecified atom stereocenters. The molecule has 0 aliphatic carbocycles. The summed E-state index contributed by atoms with van der Waals surface area (Å²) in [5.74, 6) is -2.74. The third kappa shape index (κ3) is 1.86. The highest BCUT2D eigenvalue weighted by Crippen LogP contribution is 2.47. The molecule has 1 fully saturated rings. The average molecular weight is 330 g/mol. The van der Waals surface area contributed by atoms with Crippen molar-refractivity contribution in [3.8, 4) is 0 Å². The molecule has 124 valence electrons. The smallest absolute Gasteiger partial charge is 0.417 e. The average Bonchev–Trinajstić information content (AvgIpc) is 3.02. The molecule has 3 heterocycles. The van der Waals surface area contributed by atoms with Crippen LogP contribution in [0.1, 0.15) is 18.9 Å². The van der Waals surface area contributed by atoms with Gasteiger partial charge >= 0.3 is 11.7 Å². The van der Waals surface area contributed by atoms with Crippen LogP contribution < -0.4 is 5.76 Å². The lowest BCUT2D eigenvalue weighted by Crippen LogP contribution is -2.61. The summed E-state index contributed by atoms with van der Waals surface area (Å²) < 4.78 is 4.94. The molecule has 1 amide bonds. The molecule has 8 nitrogen and oxygen atoms in total. The Labute approximate surface area is 135 Å². The van der Waals surface area contributed by atoms with E-state index in [0.717, 1.165) is 0 Å². The van der Waals surface area contributed by atoms with E-state index in [2.05, 4.69) is 4.98 Å². The first-order valence-corrected chi connectivity index (χ1v) is 7.49. The van der Waals surface area contributed by atoms with E-state index in [-0.39, 0.29) is 17.6 Å². The monoisotopic (exact) mass is 330 g/mol. The fourth-order valence-electron chi connectivity index (χ4n) is 3.67. The second-order valence-electron chi connectivity index (χ2n) is 6.10. The highest BCUT2D eigenvalue weighted by Gasteiger charge is 2.56. The van der Waals surface area contributed by atoms with Crippen LogP contribution in [0.3, 0.4) is 0 Å². The summed E-state index contributed by atoms with van der Waals surface area (Å²) >= 11 is 0. The van der Waals surface area contributed by atoms with Gasteiger partial charge in [0.2, 0.25) is 5.91 Å². The van der Waals surface area contributed by atoms with E-state index in [4.69, 9.17) is 4.42 Å². The lowest BCUT2D eigenvalue weighted by molar-refractivity contribution is -0.161. The fourth-order valence-corrected chi connectivity index (χ4v) is 3.67. The maximum atomic E-state index is 12.2. The van der Waals surface area contributed by atoms with E-state index in [0.29, 0.717) is 28.7 Å². The largest absolute Gasteiger partial charge is 0.477 e. The maximum absolute atomic E-state index is 12.2. The minimum absolute atomic E-state index is 0.0629. The van der Waals surface area contributed by atoms with Gasteiger partial charge in [0.15, 0.2) is 5.58 Å². The van der Waals surface area contributed by atoms with Gasteiger partial charge in [0, 0.05) is 0 Å². The van der Waals surface area contributed by atoms with Crippen molar-refractivity contribution in [2.75, 3.05) is 0 Å². The Balaban J connectivity index is 1.82. The third-order valence-electron chi connectivity index (χ3n) is 4.70. The van der Waals surface area contributed by atoms with Crippen molar-refractivity contribution in [1.29, 1.82) is 0 Å². The lowest BCUT2D eigenvalue weighted by atomic mass is 9.82. The van der Waals surface area contributed by atoms with E-state index in [9.17, 15) is 24.6 Å². The third-order valence-corrected chi connectivity index (χ3v) is 4.70. The van der Waals surface area contributed by atoms with E-state index < -0.39 is 23.7 Å². The van der Waals surface area contributed by atoms with Gasteiger partial charge in [-0.1, -0.05) is 6.07 Å². The van der Waals surface area contributed by atoms with Gasteiger partial charge < -0.3 is 19.5 Å². The Morgan fingerprint density at radius 2 is 2.17 bits per heavy atom. The van der Waals surface area contributed by atoms with E-state index in [1.54, 1.807) is 18.2 Å². The van der Waals surface area contributed by atoms with Crippen LogP contribution in [0.4, 0.5) is 0 Å². The summed E-state index contributed by atoms with van der Waals surface area (Å²) in [4.78, 5) is 38.9. The molecular weight excluding hydrogens is 316 g/mol. The number of hydrogen-bond acceptors (Lipinski definition) is 5. The van der Waals surface area contributed by atoms with Gasteiger partial charge in [-0.3, -0.25) is 9.78 Å². The van der Waals surface area contributed by atoms with Crippen LogP contribution in [0.5, 0.6) is 0 Å². The minimum atomic E-state index is -1.19. The second-order valence-corrected chi connectivity index (χ2v) is 6.10. The van der Waals surface area contributed by atoms with Crippen molar-refractivity contribution in [2.45, 2.75) is 25.5 Å². The SMILES string of the molecule is C[C@@H](O)[C@H]1C(=O)N2C(C(=O)O)=C(c3ccc4oc(=O)[nH]c4c3)C[C@H]12. The number of benzene rings is 1. The number of aromatic nitrogens is 1. The number of nitrogens with one attached hydrogen (secondary N) is 1. The lowest BCUT2D eigenvalue weighted by Gasteiger charge is -2.44. The van der Waals surface area contributed by atoms with Gasteiger partial charge in [0.25, 0.3) is 0 Å². The Morgan fingerprint density at radius 1 is 1.42 bits per heavy atom. The molecule has 24 heavy (non-hydrogen) atoms. The molecule has 0 bridgehead atoms. The van der Waals surface area contributed by atoms with Crippen molar-refractivity contribution < 1.29 is 24.2 Å². The number of carboxylic acids is 1. The van der Waals surface area contributed by atoms with Crippen LogP contribution in [0.15, 0.2) is 33.1 Å². The molecule has 0 radical (unpaired) electrons. The van der Waals surface area contributed by atoms with E-state index in [1.807, 2.05) is 0 Å². The normalized spacial score (nSPS) is 24.2. The van der Waals surface area contributed by atoms with Crippen LogP contribution in [-0.2, 0) is 9.59 Å². The number of aromatic amines is 1. The highest BCUT2D eigenvalue weighted by atomic mass is 16.4. The number of oxazole rings is 1. The van der Waals surface area contributed by atoms with Gasteiger partial charge in [0.05, 0.1) is 23.6 Å². The van der Waals surface area contributed by atoms with E-state index >= 15 is 0 Å². The number of carbonyl (C=O) groups excluding carboxylic acids is 1. The van der Waals surface area contributed by atoms with Crippen molar-refractivity contribution in [3.05, 3.63) is 40.0 Å². The first-order valence-electron chi connectivity index (χ1n) is 7.49. The minimum Gasteiger partial charge on any atom is -0.477 e. The summed E-state index contributed by atoms with van der Waals surface area (Å²) in [6.07, 6.45) is -0.489. The number of amides is 1. The van der Waals surface area contributed by atoms with Gasteiger partial charge in [-0.15, -0.1) is 0 Å². The number of aliphatic hydroxyl groups excluding tert-OH is 1. The molecule has 1 aromatic heterocycles. The molecule has 0 spiro atoms. The van der Waals surface area contributed by atoms with Gasteiger partial charge in [-0.05, 0) is 36.6 Å². The fraction of sp³-hybridized carbons (Fsp3) is 0.312. The second kappa shape index (κ2) is 4.81. The van der Waals surface area contributed by atoms with Crippen LogP contribution in [0, 0.1) is 5.92 Å². The predicted octanol–water partition coefficient (Wildman–Crippen LogP) is 0.528. The topological polar surface area (TPSA) is 124 Å². The Hall–Kier alpha value is -2.87. The molecule has 4 rings (SSSR count). The van der Waals surface area contributed by atoms with Crippen molar-refractivity contribution in [2.24, 2.45) is 5.92 Å². The zero-order chi connectivity index (χ0) is 17.2. The van der Waals surface area contributed by atoms with Gasteiger partial charge in [-0.2, -0.15) is 0 Å². The zero-order valence-corrected chi connectivity index (χ0v) is 12.6. The van der Waals surface area contributed by atoms with Crippen LogP contribution >= 0.6 is 0 Å². The number of aliphatic hydroxyl groups is 1. The molecule has 1 aromatic carbocycles. The molecule has 3 N–H and O–H groups in total.